The van der Waals surface area contributed by atoms with Gasteiger partial charge in [0.25, 0.3) is 0 Å². The third-order valence-corrected chi connectivity index (χ3v) is 7.59. The minimum atomic E-state index is -1.75. The number of pyridine rings is 1. The van der Waals surface area contributed by atoms with Gasteiger partial charge in [0.15, 0.2) is 0 Å². The number of aryl methyl sites for hydroxylation is 4. The fourth-order valence-corrected chi connectivity index (χ4v) is 6.39. The Morgan fingerprint density at radius 3 is 1.73 bits per heavy atom. The summed E-state index contributed by atoms with van der Waals surface area (Å²) in [6.07, 6.45) is 0. The second kappa shape index (κ2) is 10.9. The average molecular weight is 565 g/mol. The third-order valence-electron chi connectivity index (χ3n) is 5.19. The first-order valence-corrected chi connectivity index (χ1v) is 14.5. The number of benzene rings is 2. The maximum atomic E-state index is 6.53. The van der Waals surface area contributed by atoms with Crippen molar-refractivity contribution in [3.63, 3.8) is 0 Å². The monoisotopic (exact) mass is 563 g/mol. The van der Waals surface area contributed by atoms with Gasteiger partial charge in [-0.2, -0.15) is 0 Å². The Morgan fingerprint density at radius 2 is 1.24 bits per heavy atom. The Labute approximate surface area is 218 Å². The SMILES string of the molecule is CC(=Nc1c(C)cc(C)cc1C)c1cccc(C(C)=Nc2c(C)cc(Cl)cc2Cl)[n+]1[Fe]([Cl])[Cl]. The molecule has 0 bridgehead atoms. The van der Waals surface area contributed by atoms with Crippen LogP contribution in [0.1, 0.15) is 47.5 Å². The summed E-state index contributed by atoms with van der Waals surface area (Å²) < 4.78 is 1.90. The van der Waals surface area contributed by atoms with Crippen LogP contribution in [0.15, 0.2) is 52.4 Å². The molecule has 0 aliphatic heterocycles. The zero-order valence-corrected chi connectivity index (χ0v) is 23.4. The van der Waals surface area contributed by atoms with Crippen LogP contribution in [0, 0.1) is 27.7 Å². The molecular formula is C25H25Cl4FeN3+. The fourth-order valence-electron chi connectivity index (χ4n) is 3.77. The van der Waals surface area contributed by atoms with E-state index in [0.29, 0.717) is 15.7 Å². The Bertz CT molecular complexity index is 1140. The van der Waals surface area contributed by atoms with E-state index < -0.39 is 12.3 Å². The molecule has 2 aromatic carbocycles. The molecule has 0 aliphatic carbocycles. The molecule has 33 heavy (non-hydrogen) atoms. The van der Waals surface area contributed by atoms with Gasteiger partial charge in [0.05, 0.1) is 0 Å². The molecule has 0 atom stereocenters. The van der Waals surface area contributed by atoms with Gasteiger partial charge in [0.2, 0.25) is 0 Å². The Hall–Kier alpha value is -1.39. The molecule has 3 aromatic rings. The van der Waals surface area contributed by atoms with Crippen LogP contribution in [0.4, 0.5) is 11.4 Å². The van der Waals surface area contributed by atoms with E-state index in [0.717, 1.165) is 45.2 Å². The number of rotatable bonds is 5. The summed E-state index contributed by atoms with van der Waals surface area (Å²) in [7, 11) is 13.1. The van der Waals surface area contributed by atoms with Gasteiger partial charge in [0.1, 0.15) is 0 Å². The molecular weight excluding hydrogens is 540 g/mol. The Kier molecular flexibility index (Phi) is 8.66. The molecule has 1 heterocycles. The molecule has 0 unspecified atom stereocenters. The molecule has 1 aromatic heterocycles. The summed E-state index contributed by atoms with van der Waals surface area (Å²) in [4.78, 5) is 9.75. The summed E-state index contributed by atoms with van der Waals surface area (Å²) in [5.74, 6) is 0. The van der Waals surface area contributed by atoms with Crippen molar-refractivity contribution in [2.75, 3.05) is 0 Å². The van der Waals surface area contributed by atoms with Gasteiger partial charge in [-0.05, 0) is 0 Å². The van der Waals surface area contributed by atoms with Crippen LogP contribution in [0.5, 0.6) is 0 Å². The van der Waals surface area contributed by atoms with Crippen molar-refractivity contribution >= 4 is 66.2 Å². The van der Waals surface area contributed by atoms with Crippen molar-refractivity contribution in [3.8, 4) is 0 Å². The maximum absolute atomic E-state index is 6.53. The Balaban J connectivity index is 2.16. The van der Waals surface area contributed by atoms with E-state index in [2.05, 4.69) is 32.9 Å². The van der Waals surface area contributed by atoms with Gasteiger partial charge in [-0.25, -0.2) is 0 Å². The molecule has 0 N–H and O–H groups in total. The molecule has 0 spiro atoms. The van der Waals surface area contributed by atoms with Crippen LogP contribution in [0.25, 0.3) is 0 Å². The van der Waals surface area contributed by atoms with Crippen LogP contribution in [0.3, 0.4) is 0 Å². The van der Waals surface area contributed by atoms with Crippen LogP contribution >= 0.6 is 43.4 Å². The predicted octanol–water partition coefficient (Wildman–Crippen LogP) is 8.48. The average Bonchev–Trinajstić information content (AvgIpc) is 2.72. The Morgan fingerprint density at radius 1 is 0.758 bits per heavy atom. The zero-order valence-electron chi connectivity index (χ0n) is 19.2. The standard InChI is InChI=1S/C25H25Cl2N3.2ClH.Fe/c1-14-10-15(2)24(16(3)11-14)28-18(5)22-8-7-9-23(30-22)19(6)29-25-17(4)12-20(26)13-21(25)27;;;/h7-13H,1-6H3;2*1H;/q;;;+3/p-2. The normalized spacial score (nSPS) is 12.8. The summed E-state index contributed by atoms with van der Waals surface area (Å²) >= 11 is 10.8. The van der Waals surface area contributed by atoms with E-state index in [1.165, 1.54) is 5.56 Å². The van der Waals surface area contributed by atoms with Crippen molar-refractivity contribution in [1.82, 2.24) is 0 Å². The molecule has 3 nitrogen and oxygen atoms in total. The molecule has 0 amide bonds. The zero-order chi connectivity index (χ0) is 24.4. The molecule has 0 radical (unpaired) electrons. The predicted molar refractivity (Wildman–Crippen MR) is 139 cm³/mol. The quantitative estimate of drug-likeness (QED) is 0.220. The van der Waals surface area contributed by atoms with E-state index in [9.17, 15) is 0 Å². The van der Waals surface area contributed by atoms with Gasteiger partial charge in [-0.3, -0.25) is 0 Å². The summed E-state index contributed by atoms with van der Waals surface area (Å²) in [5.41, 5.74) is 9.17. The second-order valence-electron chi connectivity index (χ2n) is 7.93. The van der Waals surface area contributed by atoms with Crippen LogP contribution in [0.2, 0.25) is 10.0 Å². The summed E-state index contributed by atoms with van der Waals surface area (Å²) in [6, 6.07) is 13.7. The summed E-state index contributed by atoms with van der Waals surface area (Å²) in [6.45, 7) is 12.0. The van der Waals surface area contributed by atoms with E-state index in [1.54, 1.807) is 6.07 Å². The van der Waals surface area contributed by atoms with Crippen LogP contribution in [-0.4, -0.2) is 11.4 Å². The first kappa shape index (κ1) is 26.2. The van der Waals surface area contributed by atoms with Gasteiger partial charge < -0.3 is 0 Å². The van der Waals surface area contributed by atoms with Gasteiger partial charge >= 0.3 is 220 Å². The number of hydrogen-bond donors (Lipinski definition) is 0. The molecule has 0 aliphatic rings. The summed E-state index contributed by atoms with van der Waals surface area (Å²) in [5, 5.41) is 1.07. The van der Waals surface area contributed by atoms with Crippen molar-refractivity contribution in [2.45, 2.75) is 41.5 Å². The third kappa shape index (κ3) is 6.00. The van der Waals surface area contributed by atoms with E-state index in [1.807, 2.05) is 48.6 Å². The van der Waals surface area contributed by atoms with E-state index in [4.69, 9.17) is 53.4 Å². The van der Waals surface area contributed by atoms with Crippen molar-refractivity contribution in [3.05, 3.63) is 86.2 Å². The van der Waals surface area contributed by atoms with Gasteiger partial charge in [-0.15, -0.1) is 0 Å². The topological polar surface area (TPSA) is 28.6 Å². The van der Waals surface area contributed by atoms with E-state index >= 15 is 0 Å². The van der Waals surface area contributed by atoms with Crippen LogP contribution < -0.4 is 3.58 Å². The second-order valence-corrected chi connectivity index (χ2v) is 12.5. The van der Waals surface area contributed by atoms with Gasteiger partial charge in [-0.1, -0.05) is 0 Å². The van der Waals surface area contributed by atoms with Crippen molar-refractivity contribution in [2.24, 2.45) is 9.98 Å². The first-order valence-electron chi connectivity index (χ1n) is 10.2. The van der Waals surface area contributed by atoms with Crippen molar-refractivity contribution in [1.29, 1.82) is 0 Å². The molecule has 3 rings (SSSR count). The number of hydrogen-bond acceptors (Lipinski definition) is 2. The van der Waals surface area contributed by atoms with Crippen molar-refractivity contribution < 1.29 is 15.9 Å². The number of nitrogens with zero attached hydrogens (tertiary/aromatic N) is 3. The number of halogens is 4. The molecule has 0 fully saturated rings. The minimum absolute atomic E-state index is 0.491. The number of aliphatic imine (C=N–C) groups is 2. The fraction of sp³-hybridized carbons (Fsp3) is 0.240. The van der Waals surface area contributed by atoms with Crippen LogP contribution in [-0.2, 0) is 12.3 Å². The molecule has 0 saturated heterocycles. The first-order chi connectivity index (χ1) is 15.5. The molecule has 175 valence electrons. The number of aromatic nitrogens is 1. The molecule has 8 heteroatoms. The molecule has 0 saturated carbocycles. The van der Waals surface area contributed by atoms with E-state index in [-0.39, 0.29) is 0 Å². The van der Waals surface area contributed by atoms with Gasteiger partial charge in [0, 0.05) is 0 Å².